The second-order valence-corrected chi connectivity index (χ2v) is 16.5. The maximum absolute atomic E-state index is 13.6. The predicted molar refractivity (Wildman–Crippen MR) is 196 cm³/mol. The van der Waals surface area contributed by atoms with Crippen molar-refractivity contribution in [1.82, 2.24) is 0 Å². The number of ether oxygens (including phenoxy) is 1. The molecule has 0 amide bonds. The summed E-state index contributed by atoms with van der Waals surface area (Å²) in [6.07, 6.45) is 7.19. The van der Waals surface area contributed by atoms with Crippen molar-refractivity contribution in [1.29, 1.82) is 0 Å². The van der Waals surface area contributed by atoms with E-state index in [0.717, 1.165) is 43.8 Å². The molecule has 1 heterocycles. The molecule has 1 aromatic carbocycles. The SMILES string of the molecule is C=C1CC[C@H]2[C@@](C)(CCC[C@]2(C)C(=O)O)[C@@H]1CC=C(C)[C@@H]1CCc2c(O)c(CC3=C(O)C(C)(C)C(=O)C(C(C)=O)=C3O)c(O)c(C(=O)CCC)c2O1. The van der Waals surface area contributed by atoms with E-state index in [-0.39, 0.29) is 51.9 Å². The summed E-state index contributed by atoms with van der Waals surface area (Å²) < 4.78 is 6.48. The quantitative estimate of drug-likeness (QED) is 0.0897. The summed E-state index contributed by atoms with van der Waals surface area (Å²) >= 11 is 0. The molecule has 2 saturated carbocycles. The first-order valence-corrected chi connectivity index (χ1v) is 18.5. The van der Waals surface area contributed by atoms with E-state index in [4.69, 9.17) is 4.74 Å². The number of aromatic hydroxyl groups is 2. The van der Waals surface area contributed by atoms with Gasteiger partial charge in [0.25, 0.3) is 0 Å². The number of aliphatic hydroxyl groups excluding tert-OH is 2. The van der Waals surface area contributed by atoms with E-state index in [1.807, 2.05) is 20.8 Å². The summed E-state index contributed by atoms with van der Waals surface area (Å²) in [6, 6.07) is 0. The number of hydrogen-bond donors (Lipinski definition) is 5. The molecule has 5 rings (SSSR count). The van der Waals surface area contributed by atoms with E-state index in [9.17, 15) is 44.7 Å². The van der Waals surface area contributed by atoms with E-state index in [1.54, 1.807) is 0 Å². The van der Waals surface area contributed by atoms with Gasteiger partial charge >= 0.3 is 5.97 Å². The molecule has 1 aliphatic heterocycles. The number of aliphatic carboxylic acids is 1. The second kappa shape index (κ2) is 13.9. The van der Waals surface area contributed by atoms with Crippen LogP contribution in [-0.4, -0.2) is 55.0 Å². The molecular formula is C42H54O10. The van der Waals surface area contributed by atoms with E-state index >= 15 is 0 Å². The van der Waals surface area contributed by atoms with E-state index < -0.39 is 69.5 Å². The minimum absolute atomic E-state index is 0.0323. The number of allylic oxidation sites excluding steroid dienone is 5. The van der Waals surface area contributed by atoms with Crippen LogP contribution in [-0.2, 0) is 27.2 Å². The highest BCUT2D eigenvalue weighted by molar-refractivity contribution is 6.23. The number of fused-ring (bicyclic) bond motifs is 2. The van der Waals surface area contributed by atoms with Gasteiger partial charge in [-0.2, -0.15) is 0 Å². The van der Waals surface area contributed by atoms with Gasteiger partial charge in [0, 0.05) is 29.5 Å². The Hall–Kier alpha value is -4.34. The highest BCUT2D eigenvalue weighted by Gasteiger charge is 2.57. The van der Waals surface area contributed by atoms with Crippen LogP contribution in [0.5, 0.6) is 17.2 Å². The Balaban J connectivity index is 1.50. The van der Waals surface area contributed by atoms with Crippen LogP contribution in [0, 0.1) is 28.1 Å². The van der Waals surface area contributed by atoms with Gasteiger partial charge in [-0.1, -0.05) is 38.5 Å². The fraction of sp³-hybridized carbons (Fsp3) is 0.571. The van der Waals surface area contributed by atoms with Crippen LogP contribution in [0.15, 0.2) is 46.5 Å². The van der Waals surface area contributed by atoms with Crippen molar-refractivity contribution in [2.75, 3.05) is 0 Å². The van der Waals surface area contributed by atoms with Gasteiger partial charge in [0.05, 0.1) is 10.8 Å². The molecule has 5 atom stereocenters. The van der Waals surface area contributed by atoms with E-state index in [1.165, 1.54) is 13.8 Å². The van der Waals surface area contributed by atoms with E-state index in [0.29, 0.717) is 37.7 Å². The number of benzene rings is 1. The number of Topliss-reactive ketones (excluding diaryl/α,β-unsaturated/α-hetero) is 3. The number of carboxylic acids is 1. The molecule has 1 aromatic rings. The molecule has 0 unspecified atom stereocenters. The molecule has 0 radical (unpaired) electrons. The minimum atomic E-state index is -1.56. The molecule has 282 valence electrons. The van der Waals surface area contributed by atoms with Crippen molar-refractivity contribution in [2.45, 2.75) is 125 Å². The molecule has 3 aliphatic carbocycles. The number of ketones is 3. The molecule has 0 saturated heterocycles. The third-order valence-corrected chi connectivity index (χ3v) is 12.9. The highest BCUT2D eigenvalue weighted by Crippen LogP contribution is 2.62. The molecule has 5 N–H and O–H groups in total. The summed E-state index contributed by atoms with van der Waals surface area (Å²) in [7, 11) is 0. The molecule has 0 bridgehead atoms. The Morgan fingerprint density at radius 1 is 0.981 bits per heavy atom. The lowest BCUT2D eigenvalue weighted by Crippen LogP contribution is -2.53. The number of phenolic OH excluding ortho intramolecular Hbond substituents is 2. The van der Waals surface area contributed by atoms with Gasteiger partial charge in [-0.15, -0.1) is 0 Å². The van der Waals surface area contributed by atoms with Crippen LogP contribution in [0.25, 0.3) is 0 Å². The van der Waals surface area contributed by atoms with Crippen LogP contribution in [0.4, 0.5) is 0 Å². The van der Waals surface area contributed by atoms with Gasteiger partial charge in [0.2, 0.25) is 0 Å². The zero-order valence-corrected chi connectivity index (χ0v) is 31.6. The highest BCUT2D eigenvalue weighted by atomic mass is 16.5. The Bertz CT molecular complexity index is 1840. The number of rotatable bonds is 10. The largest absolute Gasteiger partial charge is 0.511 e. The van der Waals surface area contributed by atoms with Crippen molar-refractivity contribution < 1.29 is 49.4 Å². The zero-order chi connectivity index (χ0) is 38.7. The molecule has 4 aliphatic rings. The van der Waals surface area contributed by atoms with Gasteiger partial charge in [-0.3, -0.25) is 19.2 Å². The minimum Gasteiger partial charge on any atom is -0.511 e. The lowest BCUT2D eigenvalue weighted by Gasteiger charge is -2.57. The maximum Gasteiger partial charge on any atom is 0.309 e. The first-order chi connectivity index (χ1) is 24.2. The van der Waals surface area contributed by atoms with Crippen LogP contribution in [0.1, 0.15) is 128 Å². The maximum atomic E-state index is 13.6. The normalized spacial score (nSPS) is 29.0. The standard InChI is InChI=1S/C42H54O10/c1-9-11-28(44)32-34(46)25(20-26-35(47)31(23(4)43)38(49)40(5,6)37(26)48)33(45)24-14-16-29(52-36(24)32)22(3)12-15-27-21(2)13-17-30-41(27,7)18-10-19-42(30,8)39(50)51/h12,27,29-30,45-48H,2,9-11,13-20H2,1,3-8H3,(H,50,51)/t27-,29+,30+,41+,42+/m1/s1. The van der Waals surface area contributed by atoms with Crippen molar-refractivity contribution in [3.63, 3.8) is 0 Å². The van der Waals surface area contributed by atoms with Crippen molar-refractivity contribution in [3.8, 4) is 17.2 Å². The zero-order valence-electron chi connectivity index (χ0n) is 31.6. The molecule has 2 fully saturated rings. The Kier molecular flexibility index (Phi) is 10.4. The molecule has 52 heavy (non-hydrogen) atoms. The summed E-state index contributed by atoms with van der Waals surface area (Å²) in [5.41, 5.74) is -1.12. The summed E-state index contributed by atoms with van der Waals surface area (Å²) in [5, 5.41) is 55.7. The number of carbonyl (C=O) groups excluding carboxylic acids is 3. The average Bonchev–Trinajstić information content (AvgIpc) is 3.06. The fourth-order valence-electron chi connectivity index (χ4n) is 9.66. The van der Waals surface area contributed by atoms with Gasteiger partial charge in [-0.25, -0.2) is 0 Å². The van der Waals surface area contributed by atoms with Crippen molar-refractivity contribution >= 4 is 23.3 Å². The first-order valence-electron chi connectivity index (χ1n) is 18.5. The number of carbonyl (C=O) groups is 4. The van der Waals surface area contributed by atoms with E-state index in [2.05, 4.69) is 19.6 Å². The number of phenols is 2. The second-order valence-electron chi connectivity index (χ2n) is 16.5. The molecule has 10 heteroatoms. The van der Waals surface area contributed by atoms with Crippen LogP contribution >= 0.6 is 0 Å². The average molecular weight is 719 g/mol. The fourth-order valence-corrected chi connectivity index (χ4v) is 9.66. The molecule has 10 nitrogen and oxygen atoms in total. The van der Waals surface area contributed by atoms with Crippen LogP contribution < -0.4 is 4.74 Å². The van der Waals surface area contributed by atoms with Gasteiger partial charge in [-0.05, 0) is 109 Å². The third kappa shape index (κ3) is 6.15. The monoisotopic (exact) mass is 718 g/mol. The molecular weight excluding hydrogens is 664 g/mol. The van der Waals surface area contributed by atoms with Gasteiger partial charge in [0.15, 0.2) is 17.3 Å². The Morgan fingerprint density at radius 3 is 2.27 bits per heavy atom. The first kappa shape index (κ1) is 38.9. The predicted octanol–water partition coefficient (Wildman–Crippen LogP) is 8.34. The molecule has 0 spiro atoms. The van der Waals surface area contributed by atoms with Crippen molar-refractivity contribution in [3.05, 3.63) is 63.2 Å². The number of hydrogen-bond acceptors (Lipinski definition) is 9. The summed E-state index contributed by atoms with van der Waals surface area (Å²) in [6.45, 7) is 16.3. The number of carboxylic acid groups (broad SMARTS) is 1. The van der Waals surface area contributed by atoms with Gasteiger partial charge < -0.3 is 30.3 Å². The van der Waals surface area contributed by atoms with Crippen molar-refractivity contribution in [2.24, 2.45) is 28.1 Å². The Labute approximate surface area is 306 Å². The van der Waals surface area contributed by atoms with Gasteiger partial charge in [0.1, 0.15) is 46.0 Å². The third-order valence-electron chi connectivity index (χ3n) is 12.9. The lowest BCUT2D eigenvalue weighted by atomic mass is 9.46. The molecule has 0 aromatic heterocycles. The van der Waals surface area contributed by atoms with Crippen LogP contribution in [0.2, 0.25) is 0 Å². The lowest BCUT2D eigenvalue weighted by molar-refractivity contribution is -0.164. The summed E-state index contributed by atoms with van der Waals surface area (Å²) in [5.74, 6) is -4.53. The summed E-state index contributed by atoms with van der Waals surface area (Å²) in [4.78, 5) is 51.5. The number of aliphatic hydroxyl groups is 2. The van der Waals surface area contributed by atoms with Crippen LogP contribution in [0.3, 0.4) is 0 Å². The smallest absolute Gasteiger partial charge is 0.309 e. The topological polar surface area (TPSA) is 179 Å². The Morgan fingerprint density at radius 2 is 1.65 bits per heavy atom.